The summed E-state index contributed by atoms with van der Waals surface area (Å²) in [6.07, 6.45) is 4.56. The first-order valence-corrected chi connectivity index (χ1v) is 8.10. The van der Waals surface area contributed by atoms with Crippen LogP contribution < -0.4 is 5.32 Å². The molecule has 1 aromatic heterocycles. The SMILES string of the molecule is CCN(CC(=O)O)C1CC(NC(=O)CCc2nccs2)C1. The third kappa shape index (κ3) is 4.78. The van der Waals surface area contributed by atoms with E-state index in [9.17, 15) is 9.59 Å². The van der Waals surface area contributed by atoms with Crippen molar-refractivity contribution in [2.75, 3.05) is 13.1 Å². The van der Waals surface area contributed by atoms with Crippen molar-refractivity contribution in [2.45, 2.75) is 44.7 Å². The molecule has 0 saturated heterocycles. The van der Waals surface area contributed by atoms with Crippen LogP contribution in [0.25, 0.3) is 0 Å². The van der Waals surface area contributed by atoms with Gasteiger partial charge in [0.2, 0.25) is 5.91 Å². The molecule has 0 aliphatic heterocycles. The number of thiazole rings is 1. The van der Waals surface area contributed by atoms with Crippen LogP contribution in [0.15, 0.2) is 11.6 Å². The Kier molecular flexibility index (Phi) is 5.69. The number of rotatable bonds is 8. The van der Waals surface area contributed by atoms with Gasteiger partial charge in [0.15, 0.2) is 0 Å². The molecule has 0 unspecified atom stereocenters. The summed E-state index contributed by atoms with van der Waals surface area (Å²) in [6.45, 7) is 2.76. The van der Waals surface area contributed by atoms with Gasteiger partial charge in [-0.1, -0.05) is 6.92 Å². The molecule has 1 heterocycles. The number of nitrogens with zero attached hydrogens (tertiary/aromatic N) is 2. The predicted molar refractivity (Wildman–Crippen MR) is 80.3 cm³/mol. The fourth-order valence-corrected chi connectivity index (χ4v) is 3.19. The van der Waals surface area contributed by atoms with Crippen LogP contribution in [0.2, 0.25) is 0 Å². The van der Waals surface area contributed by atoms with Gasteiger partial charge in [-0.15, -0.1) is 11.3 Å². The average Bonchev–Trinajstić information content (AvgIpc) is 2.90. The number of amides is 1. The lowest BCUT2D eigenvalue weighted by atomic mass is 9.85. The Morgan fingerprint density at radius 2 is 2.29 bits per heavy atom. The molecule has 1 aromatic rings. The van der Waals surface area contributed by atoms with Gasteiger partial charge in [0, 0.05) is 36.5 Å². The molecule has 6 nitrogen and oxygen atoms in total. The van der Waals surface area contributed by atoms with Crippen LogP contribution in [0, 0.1) is 0 Å². The highest BCUT2D eigenvalue weighted by Gasteiger charge is 2.34. The van der Waals surface area contributed by atoms with Crippen molar-refractivity contribution in [3.8, 4) is 0 Å². The number of hydrogen-bond acceptors (Lipinski definition) is 5. The number of aromatic nitrogens is 1. The van der Waals surface area contributed by atoms with E-state index in [2.05, 4.69) is 10.3 Å². The lowest BCUT2D eigenvalue weighted by molar-refractivity contribution is -0.139. The second kappa shape index (κ2) is 7.51. The summed E-state index contributed by atoms with van der Waals surface area (Å²) in [6, 6.07) is 0.456. The van der Waals surface area contributed by atoms with Gasteiger partial charge >= 0.3 is 5.97 Å². The van der Waals surface area contributed by atoms with Gasteiger partial charge in [-0.3, -0.25) is 14.5 Å². The van der Waals surface area contributed by atoms with Crippen molar-refractivity contribution in [1.29, 1.82) is 0 Å². The van der Waals surface area contributed by atoms with Crippen LogP contribution in [-0.2, 0) is 16.0 Å². The van der Waals surface area contributed by atoms with E-state index in [0.717, 1.165) is 24.4 Å². The number of carbonyl (C=O) groups is 2. The van der Waals surface area contributed by atoms with Crippen LogP contribution in [0.1, 0.15) is 31.2 Å². The molecular weight excluding hydrogens is 290 g/mol. The van der Waals surface area contributed by atoms with Crippen LogP contribution in [0.5, 0.6) is 0 Å². The summed E-state index contributed by atoms with van der Waals surface area (Å²) < 4.78 is 0. The second-order valence-electron chi connectivity index (χ2n) is 5.27. The molecule has 2 N–H and O–H groups in total. The molecule has 1 amide bonds. The summed E-state index contributed by atoms with van der Waals surface area (Å²) in [5.74, 6) is -0.747. The molecule has 0 radical (unpaired) electrons. The molecule has 0 atom stereocenters. The first kappa shape index (κ1) is 15.9. The maximum absolute atomic E-state index is 11.8. The molecule has 0 aromatic carbocycles. The van der Waals surface area contributed by atoms with Crippen molar-refractivity contribution >= 4 is 23.2 Å². The molecule has 1 aliphatic carbocycles. The topological polar surface area (TPSA) is 82.5 Å². The summed E-state index contributed by atoms with van der Waals surface area (Å²) in [4.78, 5) is 28.7. The largest absolute Gasteiger partial charge is 0.480 e. The molecular formula is C14H21N3O3S. The van der Waals surface area contributed by atoms with Gasteiger partial charge in [-0.25, -0.2) is 4.98 Å². The summed E-state index contributed by atoms with van der Waals surface area (Å²) >= 11 is 1.56. The Morgan fingerprint density at radius 1 is 1.52 bits per heavy atom. The van der Waals surface area contributed by atoms with E-state index in [1.54, 1.807) is 17.5 Å². The first-order valence-electron chi connectivity index (χ1n) is 7.22. The number of carbonyl (C=O) groups excluding carboxylic acids is 1. The zero-order valence-electron chi connectivity index (χ0n) is 12.1. The molecule has 1 fully saturated rings. The number of nitrogens with one attached hydrogen (secondary N) is 1. The van der Waals surface area contributed by atoms with Gasteiger partial charge in [0.1, 0.15) is 0 Å². The zero-order chi connectivity index (χ0) is 15.2. The summed E-state index contributed by atoms with van der Waals surface area (Å²) in [5.41, 5.74) is 0. The number of likely N-dealkylation sites (N-methyl/N-ethyl adjacent to an activating group) is 1. The Labute approximate surface area is 128 Å². The number of carboxylic acid groups (broad SMARTS) is 1. The van der Waals surface area contributed by atoms with Crippen LogP contribution >= 0.6 is 11.3 Å². The highest BCUT2D eigenvalue weighted by molar-refractivity contribution is 7.09. The van der Waals surface area contributed by atoms with E-state index < -0.39 is 5.97 Å². The van der Waals surface area contributed by atoms with Crippen molar-refractivity contribution in [3.63, 3.8) is 0 Å². The van der Waals surface area contributed by atoms with Gasteiger partial charge in [0.05, 0.1) is 11.6 Å². The van der Waals surface area contributed by atoms with E-state index in [0.29, 0.717) is 12.8 Å². The number of aliphatic carboxylic acids is 1. The van der Waals surface area contributed by atoms with Gasteiger partial charge in [-0.05, 0) is 19.4 Å². The Balaban J connectivity index is 1.65. The highest BCUT2D eigenvalue weighted by atomic mass is 32.1. The standard InChI is InChI=1S/C14H21N3O3S/c1-2-17(9-14(19)20)11-7-10(8-11)16-12(18)3-4-13-15-5-6-21-13/h5-6,10-11H,2-4,7-9H2,1H3,(H,16,18)(H,19,20). The minimum Gasteiger partial charge on any atom is -0.480 e. The van der Waals surface area contributed by atoms with Crippen molar-refractivity contribution in [3.05, 3.63) is 16.6 Å². The third-order valence-electron chi connectivity index (χ3n) is 3.79. The molecule has 0 spiro atoms. The molecule has 7 heteroatoms. The third-order valence-corrected chi connectivity index (χ3v) is 4.63. The number of aryl methyl sites for hydroxylation is 1. The van der Waals surface area contributed by atoms with E-state index in [1.807, 2.05) is 17.2 Å². The molecule has 2 rings (SSSR count). The molecule has 21 heavy (non-hydrogen) atoms. The minimum absolute atomic E-state index is 0.0509. The Hall–Kier alpha value is -1.47. The zero-order valence-corrected chi connectivity index (χ0v) is 12.9. The van der Waals surface area contributed by atoms with Crippen molar-refractivity contribution < 1.29 is 14.7 Å². The second-order valence-corrected chi connectivity index (χ2v) is 6.25. The first-order chi connectivity index (χ1) is 10.1. The molecule has 116 valence electrons. The Morgan fingerprint density at radius 3 is 2.86 bits per heavy atom. The monoisotopic (exact) mass is 311 g/mol. The van der Waals surface area contributed by atoms with Gasteiger partial charge < -0.3 is 10.4 Å². The molecule has 1 saturated carbocycles. The van der Waals surface area contributed by atoms with Crippen LogP contribution in [0.3, 0.4) is 0 Å². The average molecular weight is 311 g/mol. The molecule has 0 bridgehead atoms. The fourth-order valence-electron chi connectivity index (χ4n) is 2.57. The van der Waals surface area contributed by atoms with Crippen molar-refractivity contribution in [1.82, 2.24) is 15.2 Å². The normalized spacial score (nSPS) is 21.0. The van der Waals surface area contributed by atoms with Crippen molar-refractivity contribution in [2.24, 2.45) is 0 Å². The lowest BCUT2D eigenvalue weighted by Gasteiger charge is -2.42. The van der Waals surface area contributed by atoms with E-state index in [1.165, 1.54) is 0 Å². The van der Waals surface area contributed by atoms with Gasteiger partial charge in [-0.2, -0.15) is 0 Å². The van der Waals surface area contributed by atoms with Gasteiger partial charge in [0.25, 0.3) is 0 Å². The smallest absolute Gasteiger partial charge is 0.317 e. The lowest BCUT2D eigenvalue weighted by Crippen LogP contribution is -2.54. The van der Waals surface area contributed by atoms with Crippen LogP contribution in [0.4, 0.5) is 0 Å². The predicted octanol–water partition coefficient (Wildman–Crippen LogP) is 1.13. The quantitative estimate of drug-likeness (QED) is 0.752. The Bertz CT molecular complexity index is 472. The number of carboxylic acids is 1. The fraction of sp³-hybridized carbons (Fsp3) is 0.643. The van der Waals surface area contributed by atoms with E-state index >= 15 is 0 Å². The van der Waals surface area contributed by atoms with E-state index in [4.69, 9.17) is 5.11 Å². The molecule has 1 aliphatic rings. The highest BCUT2D eigenvalue weighted by Crippen LogP contribution is 2.25. The maximum atomic E-state index is 11.8. The minimum atomic E-state index is -0.798. The number of hydrogen-bond donors (Lipinski definition) is 2. The van der Waals surface area contributed by atoms with Crippen LogP contribution in [-0.4, -0.2) is 52.0 Å². The maximum Gasteiger partial charge on any atom is 0.317 e. The summed E-state index contributed by atoms with van der Waals surface area (Å²) in [7, 11) is 0. The summed E-state index contributed by atoms with van der Waals surface area (Å²) in [5, 5.41) is 14.7. The van der Waals surface area contributed by atoms with E-state index in [-0.39, 0.29) is 24.5 Å².